The Hall–Kier alpha value is -2.20. The number of hydrogen-bond acceptors (Lipinski definition) is 3. The molecular weight excluding hydrogens is 286 g/mol. The van der Waals surface area contributed by atoms with E-state index >= 15 is 0 Å². The fourth-order valence-electron chi connectivity index (χ4n) is 3.22. The van der Waals surface area contributed by atoms with E-state index in [1.165, 1.54) is 6.42 Å². The molecule has 1 atom stereocenters. The highest BCUT2D eigenvalue weighted by Gasteiger charge is 2.29. The average molecular weight is 308 g/mol. The van der Waals surface area contributed by atoms with Gasteiger partial charge in [0.25, 0.3) is 5.91 Å². The van der Waals surface area contributed by atoms with Crippen molar-refractivity contribution in [1.29, 1.82) is 0 Å². The lowest BCUT2D eigenvalue weighted by Crippen LogP contribution is -2.50. The second kappa shape index (κ2) is 6.92. The Labute approximate surface area is 137 Å². The van der Waals surface area contributed by atoms with Gasteiger partial charge in [0.1, 0.15) is 0 Å². The maximum atomic E-state index is 13.2. The zero-order valence-corrected chi connectivity index (χ0v) is 13.7. The van der Waals surface area contributed by atoms with Crippen LogP contribution >= 0.6 is 0 Å². The van der Waals surface area contributed by atoms with Gasteiger partial charge in [-0.05, 0) is 51.1 Å². The van der Waals surface area contributed by atoms with Crippen molar-refractivity contribution in [2.75, 3.05) is 20.6 Å². The average Bonchev–Trinajstić information content (AvgIpc) is 2.62. The van der Waals surface area contributed by atoms with Gasteiger partial charge in [-0.3, -0.25) is 14.7 Å². The molecule has 1 amide bonds. The summed E-state index contributed by atoms with van der Waals surface area (Å²) in [6, 6.07) is 11.6. The molecular formula is C19H22N3O. The molecule has 0 N–H and O–H groups in total. The third-order valence-electron chi connectivity index (χ3n) is 4.38. The van der Waals surface area contributed by atoms with Crippen LogP contribution in [0, 0.1) is 6.20 Å². The lowest BCUT2D eigenvalue weighted by Gasteiger charge is -2.39. The van der Waals surface area contributed by atoms with Gasteiger partial charge >= 0.3 is 0 Å². The highest BCUT2D eigenvalue weighted by atomic mass is 16.2. The van der Waals surface area contributed by atoms with Crippen LogP contribution in [0.2, 0.25) is 0 Å². The van der Waals surface area contributed by atoms with E-state index in [2.05, 4.69) is 16.1 Å². The molecule has 1 fully saturated rings. The fraction of sp³-hybridized carbons (Fsp3) is 0.368. The van der Waals surface area contributed by atoms with Gasteiger partial charge in [-0.1, -0.05) is 24.3 Å². The molecule has 1 aliphatic rings. The van der Waals surface area contributed by atoms with E-state index in [0.717, 1.165) is 36.1 Å². The van der Waals surface area contributed by atoms with Gasteiger partial charge in [0.2, 0.25) is 0 Å². The molecule has 0 aliphatic carbocycles. The van der Waals surface area contributed by atoms with E-state index in [1.54, 1.807) is 6.20 Å². The van der Waals surface area contributed by atoms with Crippen molar-refractivity contribution < 1.29 is 4.79 Å². The monoisotopic (exact) mass is 308 g/mol. The number of aromatic nitrogens is 1. The molecule has 0 spiro atoms. The minimum Gasteiger partial charge on any atom is -0.323 e. The van der Waals surface area contributed by atoms with Crippen LogP contribution in [0.25, 0.3) is 11.1 Å². The number of carbonyl (C=O) groups excluding carboxylic acids is 1. The van der Waals surface area contributed by atoms with Gasteiger partial charge in [-0.15, -0.1) is 0 Å². The predicted molar refractivity (Wildman–Crippen MR) is 90.9 cm³/mol. The highest BCUT2D eigenvalue weighted by molar-refractivity contribution is 6.01. The lowest BCUT2D eigenvalue weighted by molar-refractivity contribution is 0.0317. The van der Waals surface area contributed by atoms with Gasteiger partial charge in [0, 0.05) is 23.9 Å². The Morgan fingerprint density at radius 1 is 1.22 bits per heavy atom. The zero-order chi connectivity index (χ0) is 16.2. The summed E-state index contributed by atoms with van der Waals surface area (Å²) in [4.78, 5) is 21.4. The van der Waals surface area contributed by atoms with Crippen molar-refractivity contribution >= 4 is 5.91 Å². The summed E-state index contributed by atoms with van der Waals surface area (Å²) in [5, 5.41) is 0. The van der Waals surface area contributed by atoms with Gasteiger partial charge < -0.3 is 4.90 Å². The van der Waals surface area contributed by atoms with Crippen LogP contribution in [0.3, 0.4) is 0 Å². The Morgan fingerprint density at radius 2 is 2.04 bits per heavy atom. The van der Waals surface area contributed by atoms with Crippen molar-refractivity contribution in [3.8, 4) is 11.1 Å². The summed E-state index contributed by atoms with van der Waals surface area (Å²) in [6.07, 6.45) is 8.12. The summed E-state index contributed by atoms with van der Waals surface area (Å²) >= 11 is 0. The molecule has 1 saturated heterocycles. The Bertz CT molecular complexity index is 669. The third-order valence-corrected chi connectivity index (χ3v) is 4.38. The van der Waals surface area contributed by atoms with Crippen LogP contribution in [0.15, 0.2) is 42.6 Å². The summed E-state index contributed by atoms with van der Waals surface area (Å²) in [5.74, 6) is 0.0938. The van der Waals surface area contributed by atoms with E-state index in [4.69, 9.17) is 0 Å². The van der Waals surface area contributed by atoms with Crippen molar-refractivity contribution in [2.24, 2.45) is 0 Å². The van der Waals surface area contributed by atoms with Gasteiger partial charge in [0.05, 0.1) is 12.4 Å². The van der Waals surface area contributed by atoms with Crippen LogP contribution < -0.4 is 0 Å². The first-order valence-electron chi connectivity index (χ1n) is 8.08. The molecule has 1 radical (unpaired) electrons. The molecule has 119 valence electrons. The molecule has 23 heavy (non-hydrogen) atoms. The number of nitrogens with zero attached hydrogens (tertiary/aromatic N) is 3. The first-order chi connectivity index (χ1) is 11.2. The second-order valence-corrected chi connectivity index (χ2v) is 6.15. The summed E-state index contributed by atoms with van der Waals surface area (Å²) in [5.41, 5.74) is 2.48. The number of hydrogen-bond donors (Lipinski definition) is 0. The molecule has 2 heterocycles. The quantitative estimate of drug-likeness (QED) is 0.874. The fourth-order valence-corrected chi connectivity index (χ4v) is 3.22. The number of rotatable bonds is 3. The van der Waals surface area contributed by atoms with Gasteiger partial charge in [-0.25, -0.2) is 0 Å². The Kier molecular flexibility index (Phi) is 4.72. The van der Waals surface area contributed by atoms with Crippen molar-refractivity contribution in [3.63, 3.8) is 0 Å². The van der Waals surface area contributed by atoms with Crippen molar-refractivity contribution in [1.82, 2.24) is 14.8 Å². The molecule has 1 aromatic carbocycles. The smallest absolute Gasteiger partial charge is 0.255 e. The van der Waals surface area contributed by atoms with E-state index in [9.17, 15) is 4.79 Å². The van der Waals surface area contributed by atoms with Crippen LogP contribution in [-0.2, 0) is 0 Å². The van der Waals surface area contributed by atoms with Crippen molar-refractivity contribution in [2.45, 2.75) is 25.4 Å². The highest BCUT2D eigenvalue weighted by Crippen LogP contribution is 2.27. The Balaban J connectivity index is 1.97. The second-order valence-electron chi connectivity index (χ2n) is 6.15. The topological polar surface area (TPSA) is 36.4 Å². The molecule has 0 saturated carbocycles. The normalized spacial score (nSPS) is 18.2. The van der Waals surface area contributed by atoms with Gasteiger partial charge in [-0.2, -0.15) is 0 Å². The van der Waals surface area contributed by atoms with Gasteiger partial charge in [0.15, 0.2) is 0 Å². The summed E-state index contributed by atoms with van der Waals surface area (Å²) < 4.78 is 0. The SMILES string of the molecule is CN(C)C1CCCCN1C(=O)c1ccccc1-c1[c]nccc1. The molecule has 4 nitrogen and oxygen atoms in total. The first-order valence-corrected chi connectivity index (χ1v) is 8.08. The van der Waals surface area contributed by atoms with E-state index < -0.39 is 0 Å². The molecule has 0 bridgehead atoms. The maximum absolute atomic E-state index is 13.2. The molecule has 1 aliphatic heterocycles. The van der Waals surface area contributed by atoms with E-state index in [1.807, 2.05) is 55.4 Å². The zero-order valence-electron chi connectivity index (χ0n) is 13.7. The number of benzene rings is 1. The number of carbonyl (C=O) groups is 1. The van der Waals surface area contributed by atoms with Crippen LogP contribution in [-0.4, -0.2) is 47.5 Å². The van der Waals surface area contributed by atoms with E-state index in [0.29, 0.717) is 0 Å². The lowest BCUT2D eigenvalue weighted by atomic mass is 9.98. The van der Waals surface area contributed by atoms with Crippen LogP contribution in [0.4, 0.5) is 0 Å². The predicted octanol–water partition coefficient (Wildman–Crippen LogP) is 3.06. The van der Waals surface area contributed by atoms with E-state index in [-0.39, 0.29) is 12.1 Å². The Morgan fingerprint density at radius 3 is 2.78 bits per heavy atom. The number of piperidine rings is 1. The van der Waals surface area contributed by atoms with Crippen molar-refractivity contribution in [3.05, 3.63) is 54.4 Å². The molecule has 1 unspecified atom stereocenters. The number of likely N-dealkylation sites (tertiary alicyclic amines) is 1. The third kappa shape index (κ3) is 3.27. The molecule has 1 aromatic heterocycles. The standard InChI is InChI=1S/C19H22N3O/c1-21(2)18-11-5-6-13-22(18)19(23)17-10-4-3-9-16(17)15-8-7-12-20-14-15/h3-4,7-10,12,18H,5-6,11,13H2,1-2H3. The molecule has 3 rings (SSSR count). The minimum atomic E-state index is 0.0938. The minimum absolute atomic E-state index is 0.0938. The largest absolute Gasteiger partial charge is 0.323 e. The number of amides is 1. The van der Waals surface area contributed by atoms with Crippen LogP contribution in [0.5, 0.6) is 0 Å². The summed E-state index contributed by atoms with van der Waals surface area (Å²) in [7, 11) is 4.08. The number of pyridine rings is 1. The molecule has 2 aromatic rings. The first kappa shape index (κ1) is 15.7. The molecule has 4 heteroatoms. The maximum Gasteiger partial charge on any atom is 0.255 e. The summed E-state index contributed by atoms with van der Waals surface area (Å²) in [6.45, 7) is 0.812. The van der Waals surface area contributed by atoms with Crippen LogP contribution in [0.1, 0.15) is 29.6 Å².